The van der Waals surface area contributed by atoms with Gasteiger partial charge in [0, 0.05) is 29.3 Å². The summed E-state index contributed by atoms with van der Waals surface area (Å²) in [6.45, 7) is 7.26. The molecule has 3 heteroatoms. The SMILES string of the molecule is CCC(C)(C)N(C)c1ccc(Br)cc1CN. The Morgan fingerprint density at radius 1 is 1.38 bits per heavy atom. The summed E-state index contributed by atoms with van der Waals surface area (Å²) in [6.07, 6.45) is 1.10. The number of rotatable bonds is 4. The molecule has 16 heavy (non-hydrogen) atoms. The number of anilines is 1. The van der Waals surface area contributed by atoms with Gasteiger partial charge in [0.1, 0.15) is 0 Å². The molecule has 0 spiro atoms. The van der Waals surface area contributed by atoms with Crippen molar-refractivity contribution in [2.75, 3.05) is 11.9 Å². The normalized spacial score (nSPS) is 11.6. The lowest BCUT2D eigenvalue weighted by molar-refractivity contribution is 0.469. The zero-order valence-corrected chi connectivity index (χ0v) is 12.1. The highest BCUT2D eigenvalue weighted by atomic mass is 79.9. The largest absolute Gasteiger partial charge is 0.369 e. The van der Waals surface area contributed by atoms with Gasteiger partial charge in [-0.3, -0.25) is 0 Å². The second kappa shape index (κ2) is 5.19. The van der Waals surface area contributed by atoms with Gasteiger partial charge in [-0.25, -0.2) is 0 Å². The topological polar surface area (TPSA) is 29.3 Å². The van der Waals surface area contributed by atoms with E-state index in [9.17, 15) is 0 Å². The zero-order chi connectivity index (χ0) is 12.3. The lowest BCUT2D eigenvalue weighted by atomic mass is 9.98. The molecule has 0 fully saturated rings. The third kappa shape index (κ3) is 2.77. The molecule has 0 radical (unpaired) electrons. The minimum atomic E-state index is 0.151. The number of nitrogens with two attached hydrogens (primary N) is 1. The van der Waals surface area contributed by atoms with Crippen molar-refractivity contribution in [2.24, 2.45) is 5.73 Å². The van der Waals surface area contributed by atoms with Crippen LogP contribution in [0.25, 0.3) is 0 Å². The van der Waals surface area contributed by atoms with E-state index in [2.05, 4.69) is 66.8 Å². The van der Waals surface area contributed by atoms with Crippen LogP contribution in [0.4, 0.5) is 5.69 Å². The summed E-state index contributed by atoms with van der Waals surface area (Å²) in [7, 11) is 2.13. The Kier molecular flexibility index (Phi) is 4.39. The van der Waals surface area contributed by atoms with Crippen LogP contribution < -0.4 is 10.6 Å². The van der Waals surface area contributed by atoms with Gasteiger partial charge in [-0.2, -0.15) is 0 Å². The van der Waals surface area contributed by atoms with Gasteiger partial charge in [-0.05, 0) is 44.0 Å². The fraction of sp³-hybridized carbons (Fsp3) is 0.538. The first kappa shape index (κ1) is 13.5. The van der Waals surface area contributed by atoms with Gasteiger partial charge in [0.2, 0.25) is 0 Å². The second-order valence-electron chi connectivity index (χ2n) is 4.70. The van der Waals surface area contributed by atoms with Crippen molar-refractivity contribution in [1.82, 2.24) is 0 Å². The molecule has 1 rings (SSSR count). The van der Waals surface area contributed by atoms with Crippen molar-refractivity contribution in [2.45, 2.75) is 39.3 Å². The van der Waals surface area contributed by atoms with Crippen LogP contribution in [-0.4, -0.2) is 12.6 Å². The summed E-state index contributed by atoms with van der Waals surface area (Å²) in [5, 5.41) is 0. The van der Waals surface area contributed by atoms with E-state index >= 15 is 0 Å². The van der Waals surface area contributed by atoms with Gasteiger partial charge in [-0.1, -0.05) is 22.9 Å². The number of halogens is 1. The van der Waals surface area contributed by atoms with Crippen LogP contribution >= 0.6 is 15.9 Å². The Hall–Kier alpha value is -0.540. The van der Waals surface area contributed by atoms with Crippen molar-refractivity contribution < 1.29 is 0 Å². The summed E-state index contributed by atoms with van der Waals surface area (Å²) < 4.78 is 1.08. The monoisotopic (exact) mass is 284 g/mol. The minimum absolute atomic E-state index is 0.151. The van der Waals surface area contributed by atoms with Crippen LogP contribution in [0, 0.1) is 0 Å². The Morgan fingerprint density at radius 3 is 2.50 bits per heavy atom. The summed E-state index contributed by atoms with van der Waals surface area (Å²) in [6, 6.07) is 6.29. The molecular formula is C13H21BrN2. The van der Waals surface area contributed by atoms with Crippen molar-refractivity contribution in [3.8, 4) is 0 Å². The summed E-state index contributed by atoms with van der Waals surface area (Å²) in [5.41, 5.74) is 8.34. The van der Waals surface area contributed by atoms with E-state index in [1.54, 1.807) is 0 Å². The average Bonchev–Trinajstić information content (AvgIpc) is 2.27. The Bertz CT molecular complexity index is 361. The number of hydrogen-bond acceptors (Lipinski definition) is 2. The van der Waals surface area contributed by atoms with E-state index in [4.69, 9.17) is 5.73 Å². The van der Waals surface area contributed by atoms with E-state index in [-0.39, 0.29) is 5.54 Å². The zero-order valence-electron chi connectivity index (χ0n) is 10.5. The Balaban J connectivity index is 3.13. The van der Waals surface area contributed by atoms with Crippen LogP contribution in [0.5, 0.6) is 0 Å². The first-order valence-electron chi connectivity index (χ1n) is 5.64. The summed E-state index contributed by atoms with van der Waals surface area (Å²) in [4.78, 5) is 2.31. The molecule has 1 aromatic carbocycles. The molecule has 0 aliphatic carbocycles. The Morgan fingerprint density at radius 2 is 2.00 bits per heavy atom. The highest BCUT2D eigenvalue weighted by Crippen LogP contribution is 2.29. The lowest BCUT2D eigenvalue weighted by Gasteiger charge is -2.38. The molecule has 2 nitrogen and oxygen atoms in total. The van der Waals surface area contributed by atoms with Crippen molar-refractivity contribution in [1.29, 1.82) is 0 Å². The third-order valence-corrected chi connectivity index (χ3v) is 3.89. The van der Waals surface area contributed by atoms with Crippen LogP contribution in [0.1, 0.15) is 32.8 Å². The molecule has 0 saturated carbocycles. The van der Waals surface area contributed by atoms with Gasteiger partial charge in [0.15, 0.2) is 0 Å². The predicted octanol–water partition coefficient (Wildman–Crippen LogP) is 3.53. The smallest absolute Gasteiger partial charge is 0.0414 e. The van der Waals surface area contributed by atoms with E-state index < -0.39 is 0 Å². The standard InChI is InChI=1S/C13H21BrN2/c1-5-13(2,3)16(4)12-7-6-11(14)8-10(12)9-15/h6-8H,5,9,15H2,1-4H3. The molecule has 0 aliphatic rings. The molecule has 90 valence electrons. The fourth-order valence-corrected chi connectivity index (χ4v) is 2.02. The highest BCUT2D eigenvalue weighted by molar-refractivity contribution is 9.10. The van der Waals surface area contributed by atoms with Crippen LogP contribution in [0.3, 0.4) is 0 Å². The lowest BCUT2D eigenvalue weighted by Crippen LogP contribution is -2.41. The molecule has 0 saturated heterocycles. The number of benzene rings is 1. The van der Waals surface area contributed by atoms with Gasteiger partial charge in [0.25, 0.3) is 0 Å². The maximum Gasteiger partial charge on any atom is 0.0414 e. The summed E-state index contributed by atoms with van der Waals surface area (Å²) in [5.74, 6) is 0. The van der Waals surface area contributed by atoms with E-state index in [0.717, 1.165) is 10.9 Å². The first-order valence-corrected chi connectivity index (χ1v) is 6.44. The molecule has 0 unspecified atom stereocenters. The van der Waals surface area contributed by atoms with Gasteiger partial charge in [0.05, 0.1) is 0 Å². The molecule has 0 atom stereocenters. The molecule has 1 aromatic rings. The van der Waals surface area contributed by atoms with Crippen molar-refractivity contribution in [3.63, 3.8) is 0 Å². The molecule has 0 aliphatic heterocycles. The average molecular weight is 285 g/mol. The molecule has 0 heterocycles. The van der Waals surface area contributed by atoms with E-state index in [1.165, 1.54) is 11.3 Å². The molecule has 0 bridgehead atoms. The Labute approximate surface area is 107 Å². The fourth-order valence-electron chi connectivity index (χ4n) is 1.61. The predicted molar refractivity (Wildman–Crippen MR) is 74.8 cm³/mol. The number of hydrogen-bond donors (Lipinski definition) is 1. The quantitative estimate of drug-likeness (QED) is 0.917. The third-order valence-electron chi connectivity index (χ3n) is 3.40. The van der Waals surface area contributed by atoms with Gasteiger partial charge in [-0.15, -0.1) is 0 Å². The van der Waals surface area contributed by atoms with E-state index in [0.29, 0.717) is 6.54 Å². The molecule has 0 aromatic heterocycles. The highest BCUT2D eigenvalue weighted by Gasteiger charge is 2.22. The summed E-state index contributed by atoms with van der Waals surface area (Å²) >= 11 is 3.48. The van der Waals surface area contributed by atoms with Crippen LogP contribution in [0.2, 0.25) is 0 Å². The maximum atomic E-state index is 5.79. The van der Waals surface area contributed by atoms with Crippen LogP contribution in [0.15, 0.2) is 22.7 Å². The van der Waals surface area contributed by atoms with Crippen molar-refractivity contribution in [3.05, 3.63) is 28.2 Å². The molecule has 0 amide bonds. The maximum absolute atomic E-state index is 5.79. The second-order valence-corrected chi connectivity index (χ2v) is 5.62. The van der Waals surface area contributed by atoms with E-state index in [1.807, 2.05) is 0 Å². The first-order chi connectivity index (χ1) is 7.42. The van der Waals surface area contributed by atoms with Gasteiger partial charge < -0.3 is 10.6 Å². The van der Waals surface area contributed by atoms with Crippen molar-refractivity contribution >= 4 is 21.6 Å². The number of nitrogens with zero attached hydrogens (tertiary/aromatic N) is 1. The molecular weight excluding hydrogens is 264 g/mol. The van der Waals surface area contributed by atoms with Gasteiger partial charge >= 0.3 is 0 Å². The molecule has 2 N–H and O–H groups in total. The van der Waals surface area contributed by atoms with Crippen LogP contribution in [-0.2, 0) is 6.54 Å². The minimum Gasteiger partial charge on any atom is -0.369 e.